The van der Waals surface area contributed by atoms with Gasteiger partial charge in [0.15, 0.2) is 0 Å². The van der Waals surface area contributed by atoms with Crippen molar-refractivity contribution >= 4 is 23.2 Å². The van der Waals surface area contributed by atoms with E-state index >= 15 is 0 Å². The molecule has 0 atom stereocenters. The van der Waals surface area contributed by atoms with Crippen molar-refractivity contribution in [1.29, 1.82) is 0 Å². The average molecular weight is 435 g/mol. The summed E-state index contributed by atoms with van der Waals surface area (Å²) in [4.78, 5) is 36.7. The summed E-state index contributed by atoms with van der Waals surface area (Å²) < 4.78 is 5.68. The fraction of sp³-hybridized carbons (Fsp3) is 0.400. The lowest BCUT2D eigenvalue weighted by Crippen LogP contribution is -2.48. The van der Waals surface area contributed by atoms with Crippen LogP contribution in [0, 0.1) is 0 Å². The minimum atomic E-state index is -0.227. The fourth-order valence-corrected chi connectivity index (χ4v) is 4.20. The molecule has 7 nitrogen and oxygen atoms in total. The molecule has 0 spiro atoms. The minimum absolute atomic E-state index is 0.204. The number of pyridine rings is 1. The third kappa shape index (κ3) is 4.20. The molecular formula is C25H30N4O3. The Morgan fingerprint density at radius 2 is 1.62 bits per heavy atom. The highest BCUT2D eigenvalue weighted by atomic mass is 16.5. The molecule has 2 aliphatic heterocycles. The van der Waals surface area contributed by atoms with E-state index in [1.165, 1.54) is 4.90 Å². The number of imide groups is 1. The number of aromatic nitrogens is 1. The number of ether oxygens (including phenoxy) is 1. The summed E-state index contributed by atoms with van der Waals surface area (Å²) in [6.45, 7) is 9.22. The summed E-state index contributed by atoms with van der Waals surface area (Å²) in [5.41, 5.74) is 1.74. The monoisotopic (exact) mass is 434 g/mol. The Morgan fingerprint density at radius 3 is 2.22 bits per heavy atom. The SMILES string of the molecule is CCCOc1ccc(C2=C(N3CCN(c4ccccn4)CC3)C(=O)N(C(C)C)C2=O)cc1. The zero-order valence-electron chi connectivity index (χ0n) is 19.0. The van der Waals surface area contributed by atoms with Crippen LogP contribution < -0.4 is 9.64 Å². The molecule has 2 aromatic rings. The third-order valence-electron chi connectivity index (χ3n) is 5.79. The Kier molecular flexibility index (Phi) is 6.44. The van der Waals surface area contributed by atoms with Crippen LogP contribution in [0.3, 0.4) is 0 Å². The van der Waals surface area contributed by atoms with Crippen LogP contribution in [0.1, 0.15) is 32.8 Å². The van der Waals surface area contributed by atoms with Gasteiger partial charge in [-0.3, -0.25) is 14.5 Å². The second kappa shape index (κ2) is 9.42. The number of carbonyl (C=O) groups excluding carboxylic acids is 2. The van der Waals surface area contributed by atoms with Crippen molar-refractivity contribution in [3.05, 3.63) is 59.9 Å². The smallest absolute Gasteiger partial charge is 0.278 e. The summed E-state index contributed by atoms with van der Waals surface area (Å²) in [7, 11) is 0. The molecule has 0 N–H and O–H groups in total. The summed E-state index contributed by atoms with van der Waals surface area (Å²) >= 11 is 0. The highest BCUT2D eigenvalue weighted by Crippen LogP contribution is 2.34. The zero-order valence-corrected chi connectivity index (χ0v) is 19.0. The Morgan fingerprint density at radius 1 is 0.938 bits per heavy atom. The molecule has 0 bridgehead atoms. The van der Waals surface area contributed by atoms with Crippen molar-refractivity contribution in [2.24, 2.45) is 0 Å². The molecule has 2 amide bonds. The van der Waals surface area contributed by atoms with Crippen LogP contribution in [0.25, 0.3) is 5.57 Å². The normalized spacial score (nSPS) is 17.1. The van der Waals surface area contributed by atoms with E-state index in [-0.39, 0.29) is 17.9 Å². The predicted octanol–water partition coefficient (Wildman–Crippen LogP) is 3.18. The topological polar surface area (TPSA) is 66.0 Å². The molecule has 32 heavy (non-hydrogen) atoms. The zero-order chi connectivity index (χ0) is 22.7. The molecule has 1 aromatic carbocycles. The molecule has 0 radical (unpaired) electrons. The van der Waals surface area contributed by atoms with Crippen LogP contribution in [0.15, 0.2) is 54.4 Å². The fourth-order valence-electron chi connectivity index (χ4n) is 4.20. The second-order valence-electron chi connectivity index (χ2n) is 8.33. The molecule has 4 rings (SSSR count). The first-order valence-electron chi connectivity index (χ1n) is 11.3. The molecule has 0 saturated carbocycles. The Balaban J connectivity index is 1.62. The largest absolute Gasteiger partial charge is 0.494 e. The van der Waals surface area contributed by atoms with Crippen LogP contribution >= 0.6 is 0 Å². The van der Waals surface area contributed by atoms with E-state index in [9.17, 15) is 9.59 Å². The summed E-state index contributed by atoms with van der Waals surface area (Å²) in [6.07, 6.45) is 2.72. The first kappa shape index (κ1) is 21.9. The van der Waals surface area contributed by atoms with Crippen LogP contribution in [0.4, 0.5) is 5.82 Å². The predicted molar refractivity (Wildman–Crippen MR) is 124 cm³/mol. The number of hydrogen-bond donors (Lipinski definition) is 0. The van der Waals surface area contributed by atoms with E-state index in [0.29, 0.717) is 31.0 Å². The third-order valence-corrected chi connectivity index (χ3v) is 5.79. The van der Waals surface area contributed by atoms with E-state index in [0.717, 1.165) is 36.6 Å². The van der Waals surface area contributed by atoms with Gasteiger partial charge in [0, 0.05) is 38.4 Å². The van der Waals surface area contributed by atoms with Gasteiger partial charge < -0.3 is 14.5 Å². The number of hydrogen-bond acceptors (Lipinski definition) is 6. The standard InChI is InChI=1S/C25H30N4O3/c1-4-17-32-20-10-8-19(9-11-20)22-23(25(31)29(18(2)3)24(22)30)28-15-13-27(14-16-28)21-7-5-6-12-26-21/h5-12,18H,4,13-17H2,1-3H3. The minimum Gasteiger partial charge on any atom is -0.494 e. The number of carbonyl (C=O) groups is 2. The van der Waals surface area contributed by atoms with Gasteiger partial charge in [-0.1, -0.05) is 25.1 Å². The molecule has 0 unspecified atom stereocenters. The number of nitrogens with zero attached hydrogens (tertiary/aromatic N) is 4. The van der Waals surface area contributed by atoms with E-state index in [4.69, 9.17) is 4.74 Å². The molecule has 168 valence electrons. The number of piperazine rings is 1. The second-order valence-corrected chi connectivity index (χ2v) is 8.33. The van der Waals surface area contributed by atoms with Crippen molar-refractivity contribution in [1.82, 2.24) is 14.8 Å². The summed E-state index contributed by atoms with van der Waals surface area (Å²) in [5.74, 6) is 1.26. The molecule has 0 aliphatic carbocycles. The van der Waals surface area contributed by atoms with Gasteiger partial charge in [0.25, 0.3) is 11.8 Å². The van der Waals surface area contributed by atoms with Crippen LogP contribution in [-0.4, -0.2) is 65.4 Å². The summed E-state index contributed by atoms with van der Waals surface area (Å²) in [6, 6.07) is 13.1. The summed E-state index contributed by atoms with van der Waals surface area (Å²) in [5, 5.41) is 0. The van der Waals surface area contributed by atoms with Crippen molar-refractivity contribution in [2.45, 2.75) is 33.2 Å². The molecule has 1 fully saturated rings. The van der Waals surface area contributed by atoms with E-state index in [2.05, 4.69) is 21.7 Å². The van der Waals surface area contributed by atoms with Gasteiger partial charge in [-0.15, -0.1) is 0 Å². The first-order chi connectivity index (χ1) is 15.5. The van der Waals surface area contributed by atoms with Gasteiger partial charge in [-0.05, 0) is 50.1 Å². The average Bonchev–Trinajstić information content (AvgIpc) is 3.08. The van der Waals surface area contributed by atoms with Gasteiger partial charge in [-0.25, -0.2) is 4.98 Å². The van der Waals surface area contributed by atoms with Crippen molar-refractivity contribution in [3.63, 3.8) is 0 Å². The van der Waals surface area contributed by atoms with Crippen molar-refractivity contribution in [2.75, 3.05) is 37.7 Å². The number of anilines is 1. The maximum absolute atomic E-state index is 13.4. The van der Waals surface area contributed by atoms with E-state index in [1.807, 2.05) is 56.3 Å². The molecule has 1 aromatic heterocycles. The Hall–Kier alpha value is -3.35. The maximum atomic E-state index is 13.4. The van der Waals surface area contributed by atoms with Crippen LogP contribution in [0.2, 0.25) is 0 Å². The van der Waals surface area contributed by atoms with E-state index < -0.39 is 0 Å². The lowest BCUT2D eigenvalue weighted by molar-refractivity contribution is -0.139. The quantitative estimate of drug-likeness (QED) is 0.624. The molecule has 3 heterocycles. The highest BCUT2D eigenvalue weighted by Gasteiger charge is 2.43. The van der Waals surface area contributed by atoms with Crippen LogP contribution in [-0.2, 0) is 9.59 Å². The Labute approximate surface area is 189 Å². The van der Waals surface area contributed by atoms with Gasteiger partial charge in [0.1, 0.15) is 17.3 Å². The van der Waals surface area contributed by atoms with Gasteiger partial charge in [-0.2, -0.15) is 0 Å². The number of amides is 2. The van der Waals surface area contributed by atoms with Gasteiger partial charge >= 0.3 is 0 Å². The van der Waals surface area contributed by atoms with Gasteiger partial charge in [0.2, 0.25) is 0 Å². The first-order valence-corrected chi connectivity index (χ1v) is 11.3. The molecule has 2 aliphatic rings. The van der Waals surface area contributed by atoms with Crippen molar-refractivity contribution < 1.29 is 14.3 Å². The molecular weight excluding hydrogens is 404 g/mol. The van der Waals surface area contributed by atoms with Crippen LogP contribution in [0.5, 0.6) is 5.75 Å². The van der Waals surface area contributed by atoms with Crippen molar-refractivity contribution in [3.8, 4) is 5.75 Å². The lowest BCUT2D eigenvalue weighted by Gasteiger charge is -2.37. The number of rotatable bonds is 7. The maximum Gasteiger partial charge on any atom is 0.278 e. The molecule has 1 saturated heterocycles. The van der Waals surface area contributed by atoms with Gasteiger partial charge in [0.05, 0.1) is 12.2 Å². The Bertz CT molecular complexity index is 994. The van der Waals surface area contributed by atoms with E-state index in [1.54, 1.807) is 6.20 Å². The number of benzene rings is 1. The lowest BCUT2D eigenvalue weighted by atomic mass is 10.0. The molecule has 7 heteroatoms. The highest BCUT2D eigenvalue weighted by molar-refractivity contribution is 6.35.